The monoisotopic (exact) mass is 371 g/mol. The smallest absolute Gasteiger partial charge is 0.277 e. The largest absolute Gasteiger partial charge is 0.505 e. The number of carbonyl (C=O) groups excluding carboxylic acids is 1. The van der Waals surface area contributed by atoms with Crippen molar-refractivity contribution >= 4 is 46.2 Å². The van der Waals surface area contributed by atoms with Gasteiger partial charge in [-0.15, -0.1) is 0 Å². The number of nitro groups is 2. The first-order chi connectivity index (χ1) is 11.2. The lowest BCUT2D eigenvalue weighted by atomic mass is 10.1. The van der Waals surface area contributed by atoms with Crippen LogP contribution < -0.4 is 5.32 Å². The lowest BCUT2D eigenvalue weighted by molar-refractivity contribution is -0.394. The topological polar surface area (TPSA) is 136 Å². The van der Waals surface area contributed by atoms with Gasteiger partial charge in [-0.25, -0.2) is 0 Å². The summed E-state index contributed by atoms with van der Waals surface area (Å²) in [6.45, 7) is 0. The minimum atomic E-state index is -0.849. The Balaban J connectivity index is 2.39. The molecule has 2 rings (SSSR count). The van der Waals surface area contributed by atoms with Crippen molar-refractivity contribution in [2.24, 2.45) is 0 Å². The molecule has 2 aromatic rings. The maximum atomic E-state index is 12.2. The third-order valence-corrected chi connectivity index (χ3v) is 3.44. The van der Waals surface area contributed by atoms with Crippen LogP contribution in [0.4, 0.5) is 17.1 Å². The van der Waals surface area contributed by atoms with Crippen LogP contribution >= 0.6 is 23.2 Å². The Morgan fingerprint density at radius 2 is 1.42 bits per heavy atom. The summed E-state index contributed by atoms with van der Waals surface area (Å²) in [6, 6.07) is 4.93. The van der Waals surface area contributed by atoms with Gasteiger partial charge in [0.25, 0.3) is 17.3 Å². The molecule has 0 aliphatic rings. The van der Waals surface area contributed by atoms with Crippen molar-refractivity contribution in [3.05, 3.63) is 66.2 Å². The van der Waals surface area contributed by atoms with Gasteiger partial charge >= 0.3 is 0 Å². The molecule has 0 saturated carbocycles. The van der Waals surface area contributed by atoms with E-state index in [1.54, 1.807) is 0 Å². The number of halogens is 2. The summed E-state index contributed by atoms with van der Waals surface area (Å²) < 4.78 is 0. The van der Waals surface area contributed by atoms with Gasteiger partial charge in [0.15, 0.2) is 5.75 Å². The fraction of sp³-hybridized carbons (Fsp3) is 0. The van der Waals surface area contributed by atoms with E-state index in [0.29, 0.717) is 0 Å². The summed E-state index contributed by atoms with van der Waals surface area (Å²) in [6.07, 6.45) is 0. The minimum Gasteiger partial charge on any atom is -0.505 e. The lowest BCUT2D eigenvalue weighted by Crippen LogP contribution is -2.12. The first-order valence-corrected chi connectivity index (χ1v) is 6.88. The number of nitrogens with zero attached hydrogens (tertiary/aromatic N) is 2. The molecular weight excluding hydrogens is 365 g/mol. The molecule has 0 aromatic heterocycles. The van der Waals surface area contributed by atoms with Gasteiger partial charge in [-0.05, 0) is 12.1 Å². The van der Waals surface area contributed by atoms with Crippen molar-refractivity contribution < 1.29 is 19.7 Å². The van der Waals surface area contributed by atoms with E-state index < -0.39 is 27.1 Å². The van der Waals surface area contributed by atoms with Gasteiger partial charge in [0.05, 0.1) is 31.5 Å². The molecule has 9 nitrogen and oxygen atoms in total. The number of anilines is 1. The second kappa shape index (κ2) is 6.69. The molecule has 0 fully saturated rings. The van der Waals surface area contributed by atoms with Gasteiger partial charge in [-0.1, -0.05) is 23.2 Å². The average Bonchev–Trinajstić information content (AvgIpc) is 2.51. The normalized spacial score (nSPS) is 10.2. The summed E-state index contributed by atoms with van der Waals surface area (Å²) in [5.41, 5.74) is -1.40. The van der Waals surface area contributed by atoms with Crippen LogP contribution in [0.5, 0.6) is 5.75 Å². The summed E-state index contributed by atoms with van der Waals surface area (Å²) in [4.78, 5) is 32.1. The van der Waals surface area contributed by atoms with Crippen LogP contribution in [-0.2, 0) is 0 Å². The first kappa shape index (κ1) is 17.4. The minimum absolute atomic E-state index is 0.0990. The maximum Gasteiger partial charge on any atom is 0.277 e. The Morgan fingerprint density at radius 3 is 1.83 bits per heavy atom. The van der Waals surface area contributed by atoms with E-state index in [1.165, 1.54) is 12.1 Å². The Bertz CT molecular complexity index is 816. The molecule has 24 heavy (non-hydrogen) atoms. The van der Waals surface area contributed by atoms with Crippen LogP contribution in [0.2, 0.25) is 10.0 Å². The van der Waals surface area contributed by atoms with Crippen molar-refractivity contribution in [3.63, 3.8) is 0 Å². The molecule has 2 aromatic carbocycles. The van der Waals surface area contributed by atoms with E-state index in [2.05, 4.69) is 5.32 Å². The predicted molar refractivity (Wildman–Crippen MR) is 85.8 cm³/mol. The fourth-order valence-corrected chi connectivity index (χ4v) is 2.27. The van der Waals surface area contributed by atoms with Gasteiger partial charge in [-0.3, -0.25) is 25.0 Å². The number of aromatic hydroxyl groups is 1. The molecule has 124 valence electrons. The molecule has 0 bridgehead atoms. The zero-order valence-electron chi connectivity index (χ0n) is 11.5. The molecule has 11 heteroatoms. The quantitative estimate of drug-likeness (QED) is 0.476. The van der Waals surface area contributed by atoms with E-state index in [1.807, 2.05) is 0 Å². The number of hydrogen-bond donors (Lipinski definition) is 2. The van der Waals surface area contributed by atoms with Crippen LogP contribution in [0, 0.1) is 20.2 Å². The fourth-order valence-electron chi connectivity index (χ4n) is 1.78. The van der Waals surface area contributed by atoms with Gasteiger partial charge in [0, 0.05) is 17.8 Å². The maximum absolute atomic E-state index is 12.2. The molecule has 0 unspecified atom stereocenters. The standard InChI is InChI=1S/C13H7Cl2N3O6/c14-10-3-7(4-11(15)12(10)19)16-13(20)6-1-8(17(21)22)5-9(2-6)18(23)24/h1-5,19H,(H,16,20). The van der Waals surface area contributed by atoms with Gasteiger partial charge in [-0.2, -0.15) is 0 Å². The molecule has 0 heterocycles. The number of phenols is 1. The first-order valence-electron chi connectivity index (χ1n) is 6.12. The SMILES string of the molecule is O=C(Nc1cc(Cl)c(O)c(Cl)c1)c1cc([N+](=O)[O-])cc([N+](=O)[O-])c1. The number of nitrogens with one attached hydrogen (secondary N) is 1. The predicted octanol–water partition coefficient (Wildman–Crippen LogP) is 3.77. The van der Waals surface area contributed by atoms with E-state index in [9.17, 15) is 30.1 Å². The molecule has 0 aliphatic heterocycles. The molecule has 0 radical (unpaired) electrons. The van der Waals surface area contributed by atoms with Crippen LogP contribution in [-0.4, -0.2) is 20.9 Å². The highest BCUT2D eigenvalue weighted by atomic mass is 35.5. The summed E-state index contributed by atoms with van der Waals surface area (Å²) in [5, 5.41) is 33.2. The second-order valence-electron chi connectivity index (χ2n) is 4.49. The number of carbonyl (C=O) groups is 1. The van der Waals surface area contributed by atoms with E-state index in [0.717, 1.165) is 18.2 Å². The Hall–Kier alpha value is -2.91. The van der Waals surface area contributed by atoms with Crippen molar-refractivity contribution in [1.82, 2.24) is 0 Å². The van der Waals surface area contributed by atoms with Crippen molar-refractivity contribution in [2.75, 3.05) is 5.32 Å². The molecule has 0 atom stereocenters. The highest BCUT2D eigenvalue weighted by molar-refractivity contribution is 6.37. The second-order valence-corrected chi connectivity index (χ2v) is 5.31. The van der Waals surface area contributed by atoms with Crippen molar-refractivity contribution in [2.45, 2.75) is 0 Å². The molecule has 0 spiro atoms. The van der Waals surface area contributed by atoms with E-state index >= 15 is 0 Å². The highest BCUT2D eigenvalue weighted by Gasteiger charge is 2.20. The molecule has 2 N–H and O–H groups in total. The number of hydrogen-bond acceptors (Lipinski definition) is 6. The number of benzene rings is 2. The van der Waals surface area contributed by atoms with Crippen LogP contribution in [0.1, 0.15) is 10.4 Å². The average molecular weight is 372 g/mol. The van der Waals surface area contributed by atoms with Crippen LogP contribution in [0.3, 0.4) is 0 Å². The summed E-state index contributed by atoms with van der Waals surface area (Å²) in [7, 11) is 0. The van der Waals surface area contributed by atoms with Gasteiger partial charge in [0.2, 0.25) is 0 Å². The zero-order valence-corrected chi connectivity index (χ0v) is 13.0. The van der Waals surface area contributed by atoms with E-state index in [4.69, 9.17) is 23.2 Å². The lowest BCUT2D eigenvalue weighted by Gasteiger charge is -2.08. The van der Waals surface area contributed by atoms with E-state index in [-0.39, 0.29) is 27.0 Å². The van der Waals surface area contributed by atoms with Crippen LogP contribution in [0.15, 0.2) is 30.3 Å². The highest BCUT2D eigenvalue weighted by Crippen LogP contribution is 2.35. The number of non-ortho nitro benzene ring substituents is 2. The van der Waals surface area contributed by atoms with Crippen molar-refractivity contribution in [1.29, 1.82) is 0 Å². The van der Waals surface area contributed by atoms with Gasteiger partial charge in [0.1, 0.15) is 0 Å². The summed E-state index contributed by atoms with van der Waals surface area (Å²) >= 11 is 11.4. The Labute approximate surface area is 143 Å². The number of phenolic OH excluding ortho intramolecular Hbond substituents is 1. The molecular formula is C13H7Cl2N3O6. The van der Waals surface area contributed by atoms with Gasteiger partial charge < -0.3 is 10.4 Å². The third kappa shape index (κ3) is 3.70. The Kier molecular flexibility index (Phi) is 4.86. The summed E-state index contributed by atoms with van der Waals surface area (Å²) in [5.74, 6) is -1.22. The van der Waals surface area contributed by atoms with Crippen molar-refractivity contribution in [3.8, 4) is 5.75 Å². The zero-order chi connectivity index (χ0) is 18.0. The Morgan fingerprint density at radius 1 is 0.958 bits per heavy atom. The number of nitro benzene ring substituents is 2. The molecule has 0 aliphatic carbocycles. The molecule has 0 saturated heterocycles. The van der Waals surface area contributed by atoms with Crippen LogP contribution in [0.25, 0.3) is 0 Å². The number of amides is 1. The number of rotatable bonds is 4. The molecule has 1 amide bonds. The third-order valence-electron chi connectivity index (χ3n) is 2.86.